The summed E-state index contributed by atoms with van der Waals surface area (Å²) in [6, 6.07) is 18.3. The third kappa shape index (κ3) is 3.96. The van der Waals surface area contributed by atoms with Gasteiger partial charge in [0.2, 0.25) is 0 Å². The molecule has 0 saturated heterocycles. The fourth-order valence-corrected chi connectivity index (χ4v) is 4.11. The molecule has 4 aromatic rings. The van der Waals surface area contributed by atoms with Crippen LogP contribution in [0, 0.1) is 5.82 Å². The molecule has 0 unspecified atom stereocenters. The average Bonchev–Trinajstić information content (AvgIpc) is 3.24. The van der Waals surface area contributed by atoms with E-state index in [1.807, 2.05) is 46.3 Å². The highest BCUT2D eigenvalue weighted by molar-refractivity contribution is 9.10. The molecule has 0 spiro atoms. The number of hydrogen-bond donors (Lipinski definition) is 1. The average molecular weight is 443 g/mol. The lowest BCUT2D eigenvalue weighted by atomic mass is 10.2. The van der Waals surface area contributed by atoms with E-state index in [2.05, 4.69) is 21.2 Å². The number of halogens is 2. The van der Waals surface area contributed by atoms with Crippen LogP contribution in [0.1, 0.15) is 21.6 Å². The summed E-state index contributed by atoms with van der Waals surface area (Å²) < 4.78 is 17.4. The Morgan fingerprint density at radius 2 is 1.89 bits per heavy atom. The molecule has 0 aliphatic rings. The molecule has 3 nitrogen and oxygen atoms in total. The summed E-state index contributed by atoms with van der Waals surface area (Å²) in [7, 11) is 0. The van der Waals surface area contributed by atoms with Gasteiger partial charge in [-0.3, -0.25) is 4.79 Å². The van der Waals surface area contributed by atoms with Crippen molar-refractivity contribution in [3.05, 3.63) is 93.2 Å². The summed E-state index contributed by atoms with van der Waals surface area (Å²) in [5, 5.41) is 4.92. The minimum absolute atomic E-state index is 0.167. The number of carbonyl (C=O) groups is 1. The Hall–Kier alpha value is -2.44. The number of rotatable bonds is 5. The molecule has 2 aromatic heterocycles. The number of carbonyl (C=O) groups excluding carboxylic acids is 1. The highest BCUT2D eigenvalue weighted by Crippen LogP contribution is 2.26. The number of amides is 1. The number of fused-ring (bicyclic) bond motifs is 1. The molecule has 136 valence electrons. The molecular formula is C21H16BrFN2OS. The first-order valence-electron chi connectivity index (χ1n) is 8.44. The lowest BCUT2D eigenvalue weighted by molar-refractivity contribution is 0.0942. The molecule has 0 atom stereocenters. The van der Waals surface area contributed by atoms with Crippen LogP contribution in [0.2, 0.25) is 0 Å². The smallest absolute Gasteiger partial charge is 0.268 e. The van der Waals surface area contributed by atoms with Gasteiger partial charge in [0.25, 0.3) is 5.91 Å². The predicted octanol–water partition coefficient (Wildman–Crippen LogP) is 5.58. The highest BCUT2D eigenvalue weighted by Gasteiger charge is 2.16. The fourth-order valence-electron chi connectivity index (χ4n) is 3.03. The van der Waals surface area contributed by atoms with Gasteiger partial charge in [0.1, 0.15) is 11.5 Å². The Balaban J connectivity index is 1.59. The first-order chi connectivity index (χ1) is 13.1. The Morgan fingerprint density at radius 3 is 2.67 bits per heavy atom. The third-order valence-electron chi connectivity index (χ3n) is 4.35. The molecule has 0 saturated carbocycles. The second kappa shape index (κ2) is 7.66. The Kier molecular flexibility index (Phi) is 5.09. The van der Waals surface area contributed by atoms with Crippen molar-refractivity contribution >= 4 is 43.4 Å². The molecule has 0 aliphatic carbocycles. The van der Waals surface area contributed by atoms with Gasteiger partial charge >= 0.3 is 0 Å². The zero-order chi connectivity index (χ0) is 18.8. The van der Waals surface area contributed by atoms with Gasteiger partial charge in [-0.05, 0) is 52.9 Å². The van der Waals surface area contributed by atoms with Crippen molar-refractivity contribution < 1.29 is 9.18 Å². The summed E-state index contributed by atoms with van der Waals surface area (Å²) in [5.74, 6) is -0.472. The van der Waals surface area contributed by atoms with Crippen molar-refractivity contribution in [3.8, 4) is 0 Å². The molecular weight excluding hydrogens is 427 g/mol. The monoisotopic (exact) mass is 442 g/mol. The van der Waals surface area contributed by atoms with Gasteiger partial charge in [-0.15, -0.1) is 11.3 Å². The summed E-state index contributed by atoms with van der Waals surface area (Å²) >= 11 is 5.06. The van der Waals surface area contributed by atoms with Crippen molar-refractivity contribution in [2.45, 2.75) is 13.1 Å². The maximum Gasteiger partial charge on any atom is 0.268 e. The SMILES string of the molecule is O=C(NCc1cccc(F)c1)c1cc2sccc2n1Cc1ccc(Br)cc1. The standard InChI is InChI=1S/C21H16BrFN2OS/c22-16-6-4-14(5-7-16)13-25-18-8-9-27-20(18)11-19(25)21(26)24-12-15-2-1-3-17(23)10-15/h1-11H,12-13H2,(H,24,26). The lowest BCUT2D eigenvalue weighted by Crippen LogP contribution is -2.25. The van der Waals surface area contributed by atoms with Gasteiger partial charge in [-0.2, -0.15) is 0 Å². The van der Waals surface area contributed by atoms with Gasteiger partial charge in [0.15, 0.2) is 0 Å². The van der Waals surface area contributed by atoms with E-state index in [0.29, 0.717) is 12.2 Å². The first kappa shape index (κ1) is 17.9. The molecule has 2 aromatic carbocycles. The molecule has 0 radical (unpaired) electrons. The van der Waals surface area contributed by atoms with Crippen molar-refractivity contribution in [2.75, 3.05) is 0 Å². The zero-order valence-corrected chi connectivity index (χ0v) is 16.7. The summed E-state index contributed by atoms with van der Waals surface area (Å²) in [4.78, 5) is 12.8. The first-order valence-corrected chi connectivity index (χ1v) is 10.1. The third-order valence-corrected chi connectivity index (χ3v) is 5.73. The van der Waals surface area contributed by atoms with Crippen LogP contribution >= 0.6 is 27.3 Å². The molecule has 4 rings (SSSR count). The van der Waals surface area contributed by atoms with E-state index in [-0.39, 0.29) is 18.3 Å². The topological polar surface area (TPSA) is 34.0 Å². The molecule has 0 fully saturated rings. The molecule has 1 N–H and O–H groups in total. The van der Waals surface area contributed by atoms with Gasteiger partial charge < -0.3 is 9.88 Å². The van der Waals surface area contributed by atoms with Crippen LogP contribution in [0.15, 0.2) is 70.5 Å². The highest BCUT2D eigenvalue weighted by atomic mass is 79.9. The summed E-state index contributed by atoms with van der Waals surface area (Å²) in [6.45, 7) is 0.893. The van der Waals surface area contributed by atoms with E-state index in [1.54, 1.807) is 23.5 Å². The number of nitrogens with one attached hydrogen (secondary N) is 1. The summed E-state index contributed by atoms with van der Waals surface area (Å²) in [5.41, 5.74) is 3.49. The Morgan fingerprint density at radius 1 is 1.07 bits per heavy atom. The van der Waals surface area contributed by atoms with Gasteiger partial charge in [0.05, 0.1) is 10.2 Å². The fraction of sp³-hybridized carbons (Fsp3) is 0.0952. The normalized spacial score (nSPS) is 11.0. The molecule has 1 amide bonds. The molecule has 27 heavy (non-hydrogen) atoms. The van der Waals surface area contributed by atoms with Gasteiger partial charge in [-0.25, -0.2) is 4.39 Å². The predicted molar refractivity (Wildman–Crippen MR) is 111 cm³/mol. The second-order valence-corrected chi connectivity index (χ2v) is 8.09. The van der Waals surface area contributed by atoms with Crippen LogP contribution in [0.25, 0.3) is 10.2 Å². The van der Waals surface area contributed by atoms with E-state index in [9.17, 15) is 9.18 Å². The Bertz CT molecular complexity index is 1100. The van der Waals surface area contributed by atoms with E-state index >= 15 is 0 Å². The number of benzene rings is 2. The van der Waals surface area contributed by atoms with Crippen molar-refractivity contribution in [1.29, 1.82) is 0 Å². The maximum absolute atomic E-state index is 13.3. The maximum atomic E-state index is 13.3. The zero-order valence-electron chi connectivity index (χ0n) is 14.3. The van der Waals surface area contributed by atoms with E-state index < -0.39 is 0 Å². The largest absolute Gasteiger partial charge is 0.347 e. The van der Waals surface area contributed by atoms with Gasteiger partial charge in [0, 0.05) is 17.6 Å². The molecule has 0 aliphatic heterocycles. The van der Waals surface area contributed by atoms with Crippen molar-refractivity contribution in [3.63, 3.8) is 0 Å². The van der Waals surface area contributed by atoms with Crippen molar-refractivity contribution in [2.24, 2.45) is 0 Å². The quantitative estimate of drug-likeness (QED) is 0.429. The second-order valence-electron chi connectivity index (χ2n) is 6.22. The molecule has 0 bridgehead atoms. The number of nitrogens with zero attached hydrogens (tertiary/aromatic N) is 1. The van der Waals surface area contributed by atoms with Gasteiger partial charge in [-0.1, -0.05) is 40.2 Å². The Labute approximate surface area is 168 Å². The van der Waals surface area contributed by atoms with Crippen LogP contribution in [-0.2, 0) is 13.1 Å². The van der Waals surface area contributed by atoms with E-state index in [4.69, 9.17) is 0 Å². The minimum atomic E-state index is -0.305. The lowest BCUT2D eigenvalue weighted by Gasteiger charge is -2.11. The van der Waals surface area contributed by atoms with Crippen LogP contribution < -0.4 is 5.32 Å². The van der Waals surface area contributed by atoms with E-state index in [0.717, 1.165) is 25.8 Å². The number of aromatic nitrogens is 1. The number of thiophene rings is 1. The van der Waals surface area contributed by atoms with Crippen LogP contribution in [0.4, 0.5) is 4.39 Å². The van der Waals surface area contributed by atoms with Crippen LogP contribution in [0.5, 0.6) is 0 Å². The van der Waals surface area contributed by atoms with Crippen LogP contribution in [0.3, 0.4) is 0 Å². The minimum Gasteiger partial charge on any atom is -0.347 e. The van der Waals surface area contributed by atoms with Crippen LogP contribution in [-0.4, -0.2) is 10.5 Å². The van der Waals surface area contributed by atoms with E-state index in [1.165, 1.54) is 12.1 Å². The number of hydrogen-bond acceptors (Lipinski definition) is 2. The van der Waals surface area contributed by atoms with Crippen molar-refractivity contribution in [1.82, 2.24) is 9.88 Å². The summed E-state index contributed by atoms with van der Waals surface area (Å²) in [6.07, 6.45) is 0. The molecule has 6 heteroatoms. The molecule has 2 heterocycles.